The van der Waals surface area contributed by atoms with E-state index < -0.39 is 12.1 Å². The van der Waals surface area contributed by atoms with Crippen LogP contribution >= 0.6 is 0 Å². The number of hydrogen-bond acceptors (Lipinski definition) is 8. The number of rotatable bonds is 4. The molecule has 1 aliphatic carbocycles. The number of nitrogens with zero attached hydrogens (tertiary/aromatic N) is 5. The molecular formula is C17H26N6O5. The van der Waals surface area contributed by atoms with Gasteiger partial charge in [0.2, 0.25) is 0 Å². The Balaban J connectivity index is 0.000000640. The van der Waals surface area contributed by atoms with Crippen LogP contribution in [0.2, 0.25) is 0 Å². The van der Waals surface area contributed by atoms with Crippen molar-refractivity contribution in [1.29, 1.82) is 0 Å². The summed E-state index contributed by atoms with van der Waals surface area (Å²) in [6.07, 6.45) is 5.07. The first kappa shape index (κ1) is 21.5. The number of aliphatic hydroxyl groups is 1. The zero-order valence-corrected chi connectivity index (χ0v) is 16.1. The largest absolute Gasteiger partial charge is 0.481 e. The van der Waals surface area contributed by atoms with Gasteiger partial charge in [-0.3, -0.25) is 14.3 Å². The Bertz CT molecular complexity index is 813. The summed E-state index contributed by atoms with van der Waals surface area (Å²) in [5.74, 6) is -0.00666. The lowest BCUT2D eigenvalue weighted by atomic mass is 9.83. The predicted octanol–water partition coefficient (Wildman–Crippen LogP) is -0.237. The van der Waals surface area contributed by atoms with Gasteiger partial charge in [0.05, 0.1) is 25.6 Å². The fourth-order valence-corrected chi connectivity index (χ4v) is 3.04. The maximum atomic E-state index is 11.5. The molecule has 2 aromatic rings. The lowest BCUT2D eigenvalue weighted by molar-refractivity contribution is -0.140. The van der Waals surface area contributed by atoms with Gasteiger partial charge in [0.25, 0.3) is 5.97 Å². The van der Waals surface area contributed by atoms with Crippen molar-refractivity contribution in [3.63, 3.8) is 0 Å². The predicted molar refractivity (Wildman–Crippen MR) is 97.7 cm³/mol. The molecule has 3 rings (SSSR count). The van der Waals surface area contributed by atoms with Gasteiger partial charge in [-0.2, -0.15) is 10.2 Å². The average molecular weight is 394 g/mol. The number of hydrogen-bond donors (Lipinski definition) is 3. The number of carboxylic acid groups (broad SMARTS) is 1. The van der Waals surface area contributed by atoms with Crippen LogP contribution in [-0.4, -0.2) is 66.0 Å². The SMILES string of the molecule is CC(=O)O.COC(=O)Cc1nc([C@H]2CC[C@@H](O)[C@H](N)C2)n(-c2cnn(C)c2)n1. The van der Waals surface area contributed by atoms with Crippen molar-refractivity contribution in [1.82, 2.24) is 24.5 Å². The summed E-state index contributed by atoms with van der Waals surface area (Å²) in [7, 11) is 3.16. The Hall–Kier alpha value is -2.79. The van der Waals surface area contributed by atoms with E-state index in [0.29, 0.717) is 18.7 Å². The number of aliphatic carboxylic acids is 1. The van der Waals surface area contributed by atoms with Crippen LogP contribution in [0, 0.1) is 0 Å². The normalized spacial score (nSPS) is 21.5. The van der Waals surface area contributed by atoms with Crippen LogP contribution in [0.4, 0.5) is 0 Å². The van der Waals surface area contributed by atoms with Crippen molar-refractivity contribution >= 4 is 11.9 Å². The molecule has 0 spiro atoms. The Labute approximate surface area is 162 Å². The number of aliphatic hydroxyl groups excluding tert-OH is 1. The average Bonchev–Trinajstić information content (AvgIpc) is 3.23. The van der Waals surface area contributed by atoms with Crippen molar-refractivity contribution in [2.75, 3.05) is 7.11 Å². The summed E-state index contributed by atoms with van der Waals surface area (Å²) < 4.78 is 8.08. The van der Waals surface area contributed by atoms with Crippen LogP contribution in [0.3, 0.4) is 0 Å². The van der Waals surface area contributed by atoms with Crippen LogP contribution in [0.5, 0.6) is 0 Å². The highest BCUT2D eigenvalue weighted by Gasteiger charge is 2.31. The lowest BCUT2D eigenvalue weighted by Crippen LogP contribution is -2.40. The highest BCUT2D eigenvalue weighted by atomic mass is 16.5. The zero-order valence-electron chi connectivity index (χ0n) is 16.1. The number of esters is 1. The smallest absolute Gasteiger partial charge is 0.313 e. The van der Waals surface area contributed by atoms with Crippen LogP contribution in [0.1, 0.15) is 43.8 Å². The second kappa shape index (κ2) is 9.42. The maximum absolute atomic E-state index is 11.5. The van der Waals surface area contributed by atoms with Crippen molar-refractivity contribution in [3.8, 4) is 5.69 Å². The summed E-state index contributed by atoms with van der Waals surface area (Å²) in [5, 5.41) is 25.9. The van der Waals surface area contributed by atoms with Gasteiger partial charge in [-0.25, -0.2) is 9.67 Å². The Kier molecular flexibility index (Phi) is 7.24. The van der Waals surface area contributed by atoms with E-state index in [0.717, 1.165) is 24.9 Å². The first-order valence-electron chi connectivity index (χ1n) is 8.86. The van der Waals surface area contributed by atoms with Gasteiger partial charge in [0, 0.05) is 25.9 Å². The third-order valence-electron chi connectivity index (χ3n) is 4.37. The third-order valence-corrected chi connectivity index (χ3v) is 4.37. The molecule has 4 N–H and O–H groups in total. The Morgan fingerprint density at radius 1 is 1.39 bits per heavy atom. The minimum Gasteiger partial charge on any atom is -0.481 e. The molecule has 0 aliphatic heterocycles. The monoisotopic (exact) mass is 394 g/mol. The highest BCUT2D eigenvalue weighted by Crippen LogP contribution is 2.32. The van der Waals surface area contributed by atoms with Crippen LogP contribution in [-0.2, 0) is 27.8 Å². The van der Waals surface area contributed by atoms with Crippen LogP contribution in [0.15, 0.2) is 12.4 Å². The van der Waals surface area contributed by atoms with Gasteiger partial charge in [-0.05, 0) is 19.3 Å². The number of methoxy groups -OCH3 is 1. The van der Waals surface area contributed by atoms with E-state index in [9.17, 15) is 9.90 Å². The van der Waals surface area contributed by atoms with E-state index in [1.807, 2.05) is 13.2 Å². The molecule has 1 saturated carbocycles. The molecule has 11 nitrogen and oxygen atoms in total. The molecule has 1 fully saturated rings. The molecule has 0 aromatic carbocycles. The van der Waals surface area contributed by atoms with Crippen molar-refractivity contribution in [2.45, 2.75) is 50.7 Å². The second-order valence-electron chi connectivity index (χ2n) is 6.68. The van der Waals surface area contributed by atoms with Crippen LogP contribution < -0.4 is 5.73 Å². The van der Waals surface area contributed by atoms with Gasteiger partial charge in [-0.1, -0.05) is 0 Å². The summed E-state index contributed by atoms with van der Waals surface area (Å²) in [5.41, 5.74) is 6.78. The second-order valence-corrected chi connectivity index (χ2v) is 6.68. The number of carbonyl (C=O) groups is 2. The van der Waals surface area contributed by atoms with Gasteiger partial charge in [0.1, 0.15) is 17.9 Å². The molecule has 28 heavy (non-hydrogen) atoms. The van der Waals surface area contributed by atoms with E-state index in [1.54, 1.807) is 15.6 Å². The van der Waals surface area contributed by atoms with E-state index in [2.05, 4.69) is 15.2 Å². The molecule has 2 aromatic heterocycles. The molecule has 3 atom stereocenters. The number of carboxylic acids is 1. The van der Waals surface area contributed by atoms with E-state index in [-0.39, 0.29) is 24.3 Å². The minimum absolute atomic E-state index is 0.0121. The van der Waals surface area contributed by atoms with Gasteiger partial charge in [0.15, 0.2) is 5.82 Å². The molecule has 0 bridgehead atoms. The van der Waals surface area contributed by atoms with Gasteiger partial charge < -0.3 is 20.7 Å². The first-order valence-corrected chi connectivity index (χ1v) is 8.86. The highest BCUT2D eigenvalue weighted by molar-refractivity contribution is 5.71. The topological polar surface area (TPSA) is 158 Å². The molecule has 2 heterocycles. The zero-order chi connectivity index (χ0) is 20.8. The summed E-state index contributed by atoms with van der Waals surface area (Å²) in [6.45, 7) is 1.08. The molecule has 154 valence electrons. The number of aromatic nitrogens is 5. The van der Waals surface area contributed by atoms with E-state index in [4.69, 9.17) is 20.4 Å². The summed E-state index contributed by atoms with van der Waals surface area (Å²) in [6, 6.07) is -0.285. The first-order chi connectivity index (χ1) is 13.2. The molecule has 11 heteroatoms. The van der Waals surface area contributed by atoms with Crippen molar-refractivity contribution in [3.05, 3.63) is 24.0 Å². The molecule has 0 saturated heterocycles. The number of carbonyl (C=O) groups excluding carboxylic acids is 1. The molecule has 0 radical (unpaired) electrons. The Morgan fingerprint density at radius 2 is 2.07 bits per heavy atom. The van der Waals surface area contributed by atoms with E-state index >= 15 is 0 Å². The van der Waals surface area contributed by atoms with E-state index in [1.165, 1.54) is 7.11 Å². The fourth-order valence-electron chi connectivity index (χ4n) is 3.04. The van der Waals surface area contributed by atoms with Gasteiger partial charge in [-0.15, -0.1) is 0 Å². The maximum Gasteiger partial charge on any atom is 0.313 e. The lowest BCUT2D eigenvalue weighted by Gasteiger charge is -2.30. The fraction of sp³-hybridized carbons (Fsp3) is 0.588. The molecular weight excluding hydrogens is 368 g/mol. The number of nitrogens with two attached hydrogens (primary N) is 1. The number of ether oxygens (including phenoxy) is 1. The standard InChI is InChI=1S/C15H22N6O3.C2H4O2/c1-20-8-10(7-17-20)21-15(9-3-4-12(22)11(16)5-9)18-13(19-21)6-14(23)24-2;1-2(3)4/h7-9,11-12,22H,3-6,16H2,1-2H3;1H3,(H,3,4)/t9-,11+,12+;/m0./s1. The van der Waals surface area contributed by atoms with Crippen molar-refractivity contribution < 1.29 is 24.5 Å². The van der Waals surface area contributed by atoms with Gasteiger partial charge >= 0.3 is 5.97 Å². The van der Waals surface area contributed by atoms with Crippen LogP contribution in [0.25, 0.3) is 5.69 Å². The molecule has 0 amide bonds. The quantitative estimate of drug-likeness (QED) is 0.595. The molecule has 1 aliphatic rings. The Morgan fingerprint density at radius 3 is 2.61 bits per heavy atom. The summed E-state index contributed by atoms with van der Waals surface area (Å²) in [4.78, 5) is 25.1. The third kappa shape index (κ3) is 5.60. The van der Waals surface area contributed by atoms with Crippen molar-refractivity contribution in [2.24, 2.45) is 12.8 Å². The number of aryl methyl sites for hydroxylation is 1. The minimum atomic E-state index is -0.833. The summed E-state index contributed by atoms with van der Waals surface area (Å²) >= 11 is 0. The molecule has 0 unspecified atom stereocenters.